The van der Waals surface area contributed by atoms with Crippen molar-refractivity contribution in [3.8, 4) is 11.5 Å². The molecule has 2 aliphatic heterocycles. The zero-order valence-corrected chi connectivity index (χ0v) is 15.2. The standard InChI is InChI=1S/C19H26N2O4/c1-4-20-12-13(10-18(20)22)19(23)21-9-5-6-16(21)15-11-14(24-2)7-8-17(15)25-3/h7-8,11,13,16H,4-6,9-10,12H2,1-3H3/t13-,16-/m0/s1. The molecule has 1 aromatic carbocycles. The molecule has 2 fully saturated rings. The number of carbonyl (C=O) groups excluding carboxylic acids is 2. The van der Waals surface area contributed by atoms with Crippen molar-refractivity contribution in [3.63, 3.8) is 0 Å². The van der Waals surface area contributed by atoms with Crippen LogP contribution in [0.1, 0.15) is 37.8 Å². The Morgan fingerprint density at radius 3 is 2.72 bits per heavy atom. The van der Waals surface area contributed by atoms with E-state index in [0.29, 0.717) is 19.5 Å². The minimum atomic E-state index is -0.232. The largest absolute Gasteiger partial charge is 0.497 e. The second kappa shape index (κ2) is 7.33. The number of methoxy groups -OCH3 is 2. The summed E-state index contributed by atoms with van der Waals surface area (Å²) < 4.78 is 10.8. The molecule has 0 unspecified atom stereocenters. The molecule has 2 saturated heterocycles. The fourth-order valence-corrected chi connectivity index (χ4v) is 3.93. The van der Waals surface area contributed by atoms with Crippen LogP contribution in [0.3, 0.4) is 0 Å². The number of rotatable bonds is 5. The maximum atomic E-state index is 13.1. The molecule has 0 N–H and O–H groups in total. The summed E-state index contributed by atoms with van der Waals surface area (Å²) in [4.78, 5) is 28.7. The van der Waals surface area contributed by atoms with Crippen molar-refractivity contribution in [1.82, 2.24) is 9.80 Å². The first-order chi connectivity index (χ1) is 12.1. The van der Waals surface area contributed by atoms with Gasteiger partial charge in [-0.25, -0.2) is 0 Å². The first-order valence-electron chi connectivity index (χ1n) is 8.89. The van der Waals surface area contributed by atoms with E-state index in [1.54, 1.807) is 19.1 Å². The van der Waals surface area contributed by atoms with Crippen LogP contribution in [0.5, 0.6) is 11.5 Å². The van der Waals surface area contributed by atoms with Crippen LogP contribution in [0.2, 0.25) is 0 Å². The molecule has 1 aromatic rings. The van der Waals surface area contributed by atoms with Crippen LogP contribution in [-0.4, -0.2) is 55.5 Å². The fraction of sp³-hybridized carbons (Fsp3) is 0.579. The molecule has 3 rings (SSSR count). The first kappa shape index (κ1) is 17.6. The lowest BCUT2D eigenvalue weighted by Gasteiger charge is -2.28. The Morgan fingerprint density at radius 1 is 1.28 bits per heavy atom. The van der Waals surface area contributed by atoms with Crippen molar-refractivity contribution in [2.75, 3.05) is 33.9 Å². The lowest BCUT2D eigenvalue weighted by molar-refractivity contribution is -0.136. The minimum absolute atomic E-state index is 0.0247. The van der Waals surface area contributed by atoms with E-state index in [9.17, 15) is 9.59 Å². The Kier molecular flexibility index (Phi) is 5.16. The summed E-state index contributed by atoms with van der Waals surface area (Å²) in [5.41, 5.74) is 0.976. The molecule has 0 spiro atoms. The molecule has 0 radical (unpaired) electrons. The zero-order valence-electron chi connectivity index (χ0n) is 15.2. The average Bonchev–Trinajstić information content (AvgIpc) is 3.27. The molecule has 2 heterocycles. The van der Waals surface area contributed by atoms with Gasteiger partial charge >= 0.3 is 0 Å². The molecule has 2 amide bonds. The van der Waals surface area contributed by atoms with Gasteiger partial charge in [0.25, 0.3) is 0 Å². The summed E-state index contributed by atoms with van der Waals surface area (Å²) in [6.45, 7) is 3.87. The molecule has 6 nitrogen and oxygen atoms in total. The second-order valence-electron chi connectivity index (χ2n) is 6.63. The number of hydrogen-bond donors (Lipinski definition) is 0. The quantitative estimate of drug-likeness (QED) is 0.820. The molecule has 2 atom stereocenters. The SMILES string of the molecule is CCN1C[C@@H](C(=O)N2CCC[C@H]2c2cc(OC)ccc2OC)CC1=O. The highest BCUT2D eigenvalue weighted by Crippen LogP contribution is 2.40. The van der Waals surface area contributed by atoms with E-state index in [1.165, 1.54) is 0 Å². The van der Waals surface area contributed by atoms with Gasteiger partial charge in [-0.2, -0.15) is 0 Å². The van der Waals surface area contributed by atoms with E-state index in [-0.39, 0.29) is 23.8 Å². The van der Waals surface area contributed by atoms with E-state index >= 15 is 0 Å². The van der Waals surface area contributed by atoms with Crippen LogP contribution in [0.25, 0.3) is 0 Å². The third-order valence-corrected chi connectivity index (χ3v) is 5.28. The zero-order chi connectivity index (χ0) is 18.0. The lowest BCUT2D eigenvalue weighted by atomic mass is 10.0. The normalized spacial score (nSPS) is 23.2. The highest BCUT2D eigenvalue weighted by atomic mass is 16.5. The smallest absolute Gasteiger partial charge is 0.228 e. The van der Waals surface area contributed by atoms with Gasteiger partial charge in [-0.15, -0.1) is 0 Å². The molecular formula is C19H26N2O4. The predicted molar refractivity (Wildman–Crippen MR) is 93.6 cm³/mol. The second-order valence-corrected chi connectivity index (χ2v) is 6.63. The molecule has 6 heteroatoms. The summed E-state index contributed by atoms with van der Waals surface area (Å²) in [6, 6.07) is 5.67. The Bertz CT molecular complexity index is 661. The monoisotopic (exact) mass is 346 g/mol. The van der Waals surface area contributed by atoms with Gasteiger partial charge in [-0.1, -0.05) is 0 Å². The summed E-state index contributed by atoms with van der Waals surface area (Å²) in [5, 5.41) is 0. The average molecular weight is 346 g/mol. The van der Waals surface area contributed by atoms with Crippen LogP contribution < -0.4 is 9.47 Å². The van der Waals surface area contributed by atoms with Crippen LogP contribution >= 0.6 is 0 Å². The molecular weight excluding hydrogens is 320 g/mol. The van der Waals surface area contributed by atoms with Crippen LogP contribution in [0, 0.1) is 5.92 Å². The molecule has 2 aliphatic rings. The van der Waals surface area contributed by atoms with Crippen LogP contribution in [0.15, 0.2) is 18.2 Å². The lowest BCUT2D eigenvalue weighted by Crippen LogP contribution is -2.37. The number of ether oxygens (including phenoxy) is 2. The van der Waals surface area contributed by atoms with Crippen molar-refractivity contribution in [1.29, 1.82) is 0 Å². The maximum absolute atomic E-state index is 13.1. The van der Waals surface area contributed by atoms with Gasteiger partial charge < -0.3 is 19.3 Å². The van der Waals surface area contributed by atoms with E-state index in [4.69, 9.17) is 9.47 Å². The Labute approximate surface area is 148 Å². The highest BCUT2D eigenvalue weighted by Gasteiger charge is 2.40. The van der Waals surface area contributed by atoms with Gasteiger partial charge in [-0.05, 0) is 38.0 Å². The van der Waals surface area contributed by atoms with Gasteiger partial charge in [0.2, 0.25) is 11.8 Å². The molecule has 136 valence electrons. The number of carbonyl (C=O) groups is 2. The van der Waals surface area contributed by atoms with E-state index in [2.05, 4.69) is 0 Å². The van der Waals surface area contributed by atoms with Gasteiger partial charge in [-0.3, -0.25) is 9.59 Å². The van der Waals surface area contributed by atoms with Crippen molar-refractivity contribution < 1.29 is 19.1 Å². The maximum Gasteiger partial charge on any atom is 0.228 e. The first-order valence-corrected chi connectivity index (χ1v) is 8.89. The molecule has 0 bridgehead atoms. The van der Waals surface area contributed by atoms with Crippen molar-refractivity contribution in [2.45, 2.75) is 32.2 Å². The molecule has 0 aliphatic carbocycles. The predicted octanol–water partition coefficient (Wildman–Crippen LogP) is 2.24. The van der Waals surface area contributed by atoms with Crippen molar-refractivity contribution in [3.05, 3.63) is 23.8 Å². The Hall–Kier alpha value is -2.24. The van der Waals surface area contributed by atoms with E-state index in [1.807, 2.05) is 30.0 Å². The minimum Gasteiger partial charge on any atom is -0.497 e. The van der Waals surface area contributed by atoms with Gasteiger partial charge in [0.1, 0.15) is 11.5 Å². The fourth-order valence-electron chi connectivity index (χ4n) is 3.93. The van der Waals surface area contributed by atoms with Crippen molar-refractivity contribution in [2.24, 2.45) is 5.92 Å². The summed E-state index contributed by atoms with van der Waals surface area (Å²) >= 11 is 0. The van der Waals surface area contributed by atoms with Crippen molar-refractivity contribution >= 4 is 11.8 Å². The Balaban J connectivity index is 1.83. The topological polar surface area (TPSA) is 59.1 Å². The molecule has 0 aromatic heterocycles. The Morgan fingerprint density at radius 2 is 2.08 bits per heavy atom. The highest BCUT2D eigenvalue weighted by molar-refractivity contribution is 5.89. The summed E-state index contributed by atoms with van der Waals surface area (Å²) in [7, 11) is 3.27. The summed E-state index contributed by atoms with van der Waals surface area (Å²) in [5.74, 6) is 1.45. The van der Waals surface area contributed by atoms with Crippen LogP contribution in [0.4, 0.5) is 0 Å². The third-order valence-electron chi connectivity index (χ3n) is 5.28. The number of benzene rings is 1. The van der Waals surface area contributed by atoms with Crippen LogP contribution in [-0.2, 0) is 9.59 Å². The number of nitrogens with zero attached hydrogens (tertiary/aromatic N) is 2. The van der Waals surface area contributed by atoms with Gasteiger partial charge in [0, 0.05) is 31.6 Å². The molecule has 0 saturated carbocycles. The van der Waals surface area contributed by atoms with Gasteiger partial charge in [0.05, 0.1) is 26.2 Å². The van der Waals surface area contributed by atoms with Gasteiger partial charge in [0.15, 0.2) is 0 Å². The summed E-state index contributed by atoms with van der Waals surface area (Å²) in [6.07, 6.45) is 2.17. The molecule has 25 heavy (non-hydrogen) atoms. The third kappa shape index (κ3) is 3.30. The number of likely N-dealkylation sites (tertiary alicyclic amines) is 2. The number of amides is 2. The number of hydrogen-bond acceptors (Lipinski definition) is 4. The van der Waals surface area contributed by atoms with E-state index in [0.717, 1.165) is 36.4 Å². The van der Waals surface area contributed by atoms with E-state index < -0.39 is 0 Å².